The maximum Gasteiger partial charge on any atom is 1.00 e. The van der Waals surface area contributed by atoms with Crippen molar-refractivity contribution in [2.45, 2.75) is 33.6 Å². The first-order chi connectivity index (χ1) is 6.23. The predicted octanol–water partition coefficient (Wildman–Crippen LogP) is -3.69. The molecule has 0 aliphatic heterocycles. The average molecular weight is 223 g/mol. The quantitative estimate of drug-likeness (QED) is 0.485. The number of carbonyl (C=O) groups is 2. The Hall–Kier alpha value is -0.503. The molecular formula is C10H18LiNO4. The second kappa shape index (κ2) is 5.22. The van der Waals surface area contributed by atoms with Gasteiger partial charge in [-0.05, 0) is 18.3 Å². The van der Waals surface area contributed by atoms with Gasteiger partial charge in [0.15, 0.2) is 0 Å². The SMILES string of the molecule is CC1(C(=O)[O-])CCC(C(=O)[O-])C1(C)C.[Li+].[NH4+]. The van der Waals surface area contributed by atoms with Crippen LogP contribution in [0.5, 0.6) is 0 Å². The molecule has 0 aromatic carbocycles. The van der Waals surface area contributed by atoms with E-state index < -0.39 is 28.7 Å². The van der Waals surface area contributed by atoms with Gasteiger partial charge in [-0.25, -0.2) is 0 Å². The largest absolute Gasteiger partial charge is 1.00 e. The second-order valence-corrected chi connectivity index (χ2v) is 4.75. The molecule has 0 amide bonds. The van der Waals surface area contributed by atoms with Crippen molar-refractivity contribution in [2.75, 3.05) is 0 Å². The van der Waals surface area contributed by atoms with E-state index in [1.54, 1.807) is 20.8 Å². The summed E-state index contributed by atoms with van der Waals surface area (Å²) in [6.07, 6.45) is 0.681. The standard InChI is InChI=1S/C10H16O4.Li.H3N/c1-9(2)6(7(11)12)4-5-10(9,3)8(13)14;;/h6H,4-5H2,1-3H3,(H,11,12)(H,13,14);;1H3/q;+1;/p-1. The fraction of sp³-hybridized carbons (Fsp3) is 0.800. The zero-order valence-electron chi connectivity index (χ0n) is 10.6. The number of hydrogen-bond acceptors (Lipinski definition) is 4. The molecule has 4 N–H and O–H groups in total. The maximum atomic E-state index is 11.0. The van der Waals surface area contributed by atoms with E-state index in [2.05, 4.69) is 0 Å². The molecular weight excluding hydrogens is 205 g/mol. The Bertz CT molecular complexity index is 293. The van der Waals surface area contributed by atoms with Crippen LogP contribution in [0.4, 0.5) is 0 Å². The van der Waals surface area contributed by atoms with Crippen molar-refractivity contribution in [3.05, 3.63) is 0 Å². The summed E-state index contributed by atoms with van der Waals surface area (Å²) in [6, 6.07) is 0. The molecule has 16 heavy (non-hydrogen) atoms. The molecule has 2 atom stereocenters. The summed E-state index contributed by atoms with van der Waals surface area (Å²) in [5.41, 5.74) is -1.89. The smallest absolute Gasteiger partial charge is 0.550 e. The van der Waals surface area contributed by atoms with Gasteiger partial charge in [-0.15, -0.1) is 0 Å². The average Bonchev–Trinajstić information content (AvgIpc) is 2.24. The summed E-state index contributed by atoms with van der Waals surface area (Å²) in [5.74, 6) is -3.04. The molecule has 5 nitrogen and oxygen atoms in total. The Morgan fingerprint density at radius 3 is 1.81 bits per heavy atom. The molecule has 0 spiro atoms. The fourth-order valence-electron chi connectivity index (χ4n) is 2.28. The Kier molecular flexibility index (Phi) is 5.83. The molecule has 0 saturated heterocycles. The Morgan fingerprint density at radius 2 is 1.62 bits per heavy atom. The number of rotatable bonds is 2. The van der Waals surface area contributed by atoms with E-state index in [0.717, 1.165) is 0 Å². The van der Waals surface area contributed by atoms with Gasteiger partial charge in [0.05, 0.1) is 0 Å². The summed E-state index contributed by atoms with van der Waals surface area (Å²) in [7, 11) is 0. The van der Waals surface area contributed by atoms with E-state index in [-0.39, 0.29) is 25.0 Å². The molecule has 1 fully saturated rings. The van der Waals surface area contributed by atoms with Gasteiger partial charge in [-0.2, -0.15) is 0 Å². The number of carboxylic acids is 2. The van der Waals surface area contributed by atoms with Gasteiger partial charge in [0.1, 0.15) is 0 Å². The zero-order chi connectivity index (χ0) is 11.1. The van der Waals surface area contributed by atoms with Crippen molar-refractivity contribution in [3.8, 4) is 0 Å². The number of carboxylic acid groups (broad SMARTS) is 2. The van der Waals surface area contributed by atoms with Crippen molar-refractivity contribution in [2.24, 2.45) is 16.7 Å². The third-order valence-corrected chi connectivity index (χ3v) is 3.96. The summed E-state index contributed by atoms with van der Waals surface area (Å²) in [6.45, 7) is 4.85. The van der Waals surface area contributed by atoms with Crippen molar-refractivity contribution >= 4 is 11.9 Å². The van der Waals surface area contributed by atoms with Crippen LogP contribution in [-0.2, 0) is 9.59 Å². The van der Waals surface area contributed by atoms with Crippen LogP contribution in [0.3, 0.4) is 0 Å². The van der Waals surface area contributed by atoms with Crippen LogP contribution in [-0.4, -0.2) is 11.9 Å². The van der Waals surface area contributed by atoms with E-state index in [4.69, 9.17) is 0 Å². The molecule has 1 aliphatic rings. The molecule has 1 rings (SSSR count). The van der Waals surface area contributed by atoms with Crippen molar-refractivity contribution < 1.29 is 38.7 Å². The Morgan fingerprint density at radius 1 is 1.19 bits per heavy atom. The summed E-state index contributed by atoms with van der Waals surface area (Å²) in [4.78, 5) is 21.8. The van der Waals surface area contributed by atoms with Crippen LogP contribution in [0.25, 0.3) is 0 Å². The minimum absolute atomic E-state index is 0. The molecule has 0 bridgehead atoms. The molecule has 88 valence electrons. The van der Waals surface area contributed by atoms with Crippen LogP contribution in [0.15, 0.2) is 0 Å². The monoisotopic (exact) mass is 223 g/mol. The molecule has 6 heteroatoms. The second-order valence-electron chi connectivity index (χ2n) is 4.75. The first-order valence-electron chi connectivity index (χ1n) is 4.66. The molecule has 0 heterocycles. The van der Waals surface area contributed by atoms with Gasteiger partial charge in [0.2, 0.25) is 0 Å². The fourth-order valence-corrected chi connectivity index (χ4v) is 2.28. The topological polar surface area (TPSA) is 117 Å². The number of quaternary nitrogens is 1. The van der Waals surface area contributed by atoms with Crippen LogP contribution in [0.2, 0.25) is 0 Å². The van der Waals surface area contributed by atoms with Gasteiger partial charge in [-0.3, -0.25) is 0 Å². The van der Waals surface area contributed by atoms with Crippen molar-refractivity contribution in [3.63, 3.8) is 0 Å². The number of carbonyl (C=O) groups excluding carboxylic acids is 2. The van der Waals surface area contributed by atoms with Crippen LogP contribution < -0.4 is 35.2 Å². The summed E-state index contributed by atoms with van der Waals surface area (Å²) < 4.78 is 0. The van der Waals surface area contributed by atoms with Gasteiger partial charge in [-0.1, -0.05) is 20.8 Å². The van der Waals surface area contributed by atoms with E-state index >= 15 is 0 Å². The minimum atomic E-state index is -1.17. The van der Waals surface area contributed by atoms with Gasteiger partial charge >= 0.3 is 18.9 Å². The molecule has 2 unspecified atom stereocenters. The van der Waals surface area contributed by atoms with Gasteiger partial charge in [0.25, 0.3) is 0 Å². The maximum absolute atomic E-state index is 11.0. The van der Waals surface area contributed by atoms with E-state index in [1.807, 2.05) is 0 Å². The van der Waals surface area contributed by atoms with Gasteiger partial charge < -0.3 is 26.0 Å². The first kappa shape index (κ1) is 17.9. The molecule has 0 aromatic rings. The van der Waals surface area contributed by atoms with Gasteiger partial charge in [0, 0.05) is 23.3 Å². The molecule has 0 aromatic heterocycles. The van der Waals surface area contributed by atoms with Crippen LogP contribution >= 0.6 is 0 Å². The number of aliphatic carboxylic acids is 2. The minimum Gasteiger partial charge on any atom is -0.550 e. The van der Waals surface area contributed by atoms with Crippen molar-refractivity contribution in [1.29, 1.82) is 0 Å². The summed E-state index contributed by atoms with van der Waals surface area (Å²) >= 11 is 0. The third-order valence-electron chi connectivity index (χ3n) is 3.96. The predicted molar refractivity (Wildman–Crippen MR) is 50.6 cm³/mol. The number of hydrogen-bond donors (Lipinski definition) is 1. The normalized spacial score (nSPS) is 31.1. The Labute approximate surface area is 107 Å². The Balaban J connectivity index is 0. The van der Waals surface area contributed by atoms with E-state index in [0.29, 0.717) is 12.8 Å². The van der Waals surface area contributed by atoms with E-state index in [9.17, 15) is 19.8 Å². The molecule has 1 aliphatic carbocycles. The molecule has 0 radical (unpaired) electrons. The van der Waals surface area contributed by atoms with Crippen molar-refractivity contribution in [1.82, 2.24) is 6.15 Å². The van der Waals surface area contributed by atoms with Crippen LogP contribution in [0, 0.1) is 16.7 Å². The molecule has 1 saturated carbocycles. The first-order valence-corrected chi connectivity index (χ1v) is 4.66. The third kappa shape index (κ3) is 2.27. The summed E-state index contributed by atoms with van der Waals surface area (Å²) in [5, 5.41) is 21.8. The zero-order valence-corrected chi connectivity index (χ0v) is 10.6. The van der Waals surface area contributed by atoms with E-state index in [1.165, 1.54) is 0 Å². The van der Waals surface area contributed by atoms with Crippen LogP contribution in [0.1, 0.15) is 33.6 Å².